The number of nitrogens with zero attached hydrogens (tertiary/aromatic N) is 3. The summed E-state index contributed by atoms with van der Waals surface area (Å²) < 4.78 is 0. The molecule has 0 bridgehead atoms. The van der Waals surface area contributed by atoms with Crippen molar-refractivity contribution in [2.45, 2.75) is 39.0 Å². The Balaban J connectivity index is 1.57. The molecule has 1 heterocycles. The monoisotopic (exact) mass is 309 g/mol. The average molecular weight is 309 g/mol. The molecule has 6 nitrogen and oxygen atoms in total. The standard InChI is InChI=1S/C16H31N5O/c1-2-3-7-18-16(17)19-8-9-20-10-12-21(13-11-20)15(22)14-5-4-6-14/h14H,2-13H2,1H3,(H3,17,18,19). The average Bonchev–Trinajstić information content (AvgIpc) is 2.46. The molecule has 3 N–H and O–H groups in total. The number of nitrogens with two attached hydrogens (primary N) is 1. The van der Waals surface area contributed by atoms with Crippen LogP contribution in [0.15, 0.2) is 4.99 Å². The summed E-state index contributed by atoms with van der Waals surface area (Å²) in [5, 5.41) is 3.16. The summed E-state index contributed by atoms with van der Waals surface area (Å²) in [6, 6.07) is 0. The van der Waals surface area contributed by atoms with E-state index in [1.54, 1.807) is 0 Å². The highest BCUT2D eigenvalue weighted by atomic mass is 16.2. The van der Waals surface area contributed by atoms with Gasteiger partial charge in [0.05, 0.1) is 0 Å². The number of carbonyl (C=O) groups is 1. The number of carbonyl (C=O) groups excluding carboxylic acids is 1. The summed E-state index contributed by atoms with van der Waals surface area (Å²) in [5.74, 6) is 1.26. The highest BCUT2D eigenvalue weighted by molar-refractivity contribution is 5.79. The van der Waals surface area contributed by atoms with E-state index in [-0.39, 0.29) is 0 Å². The minimum Gasteiger partial charge on any atom is -0.370 e. The first-order valence-corrected chi connectivity index (χ1v) is 8.75. The van der Waals surface area contributed by atoms with Crippen molar-refractivity contribution < 1.29 is 4.79 Å². The lowest BCUT2D eigenvalue weighted by atomic mass is 9.84. The Labute approximate surface area is 134 Å². The van der Waals surface area contributed by atoms with E-state index < -0.39 is 0 Å². The maximum absolute atomic E-state index is 12.2. The van der Waals surface area contributed by atoms with Crippen LogP contribution in [0.3, 0.4) is 0 Å². The van der Waals surface area contributed by atoms with Gasteiger partial charge in [0, 0.05) is 51.7 Å². The van der Waals surface area contributed by atoms with Crippen LogP contribution in [0.4, 0.5) is 0 Å². The van der Waals surface area contributed by atoms with E-state index in [0.29, 0.717) is 17.8 Å². The number of guanidine groups is 1. The number of aliphatic imine (C=N–C) groups is 1. The van der Waals surface area contributed by atoms with Crippen molar-refractivity contribution in [3.63, 3.8) is 0 Å². The van der Waals surface area contributed by atoms with Crippen molar-refractivity contribution in [1.82, 2.24) is 15.1 Å². The highest BCUT2D eigenvalue weighted by Gasteiger charge is 2.30. The third-order valence-corrected chi connectivity index (χ3v) is 4.67. The lowest BCUT2D eigenvalue weighted by molar-refractivity contribution is -0.139. The maximum Gasteiger partial charge on any atom is 0.225 e. The Bertz CT molecular complexity index is 373. The zero-order chi connectivity index (χ0) is 15.8. The smallest absolute Gasteiger partial charge is 0.225 e. The van der Waals surface area contributed by atoms with Gasteiger partial charge in [0.2, 0.25) is 5.91 Å². The summed E-state index contributed by atoms with van der Waals surface area (Å²) in [6.45, 7) is 8.39. The second kappa shape index (κ2) is 8.98. The fraction of sp³-hybridized carbons (Fsp3) is 0.875. The number of unbranched alkanes of at least 4 members (excludes halogenated alkanes) is 1. The Morgan fingerprint density at radius 2 is 2.00 bits per heavy atom. The van der Waals surface area contributed by atoms with E-state index in [1.807, 2.05) is 4.90 Å². The topological polar surface area (TPSA) is 74.0 Å². The molecule has 1 amide bonds. The van der Waals surface area contributed by atoms with Gasteiger partial charge in [0.15, 0.2) is 5.96 Å². The van der Waals surface area contributed by atoms with Crippen LogP contribution in [-0.4, -0.2) is 67.5 Å². The Kier molecular flexibility index (Phi) is 6.96. The molecule has 2 fully saturated rings. The summed E-state index contributed by atoms with van der Waals surface area (Å²) in [5.41, 5.74) is 5.81. The largest absolute Gasteiger partial charge is 0.370 e. The number of hydrogen-bond acceptors (Lipinski definition) is 3. The first kappa shape index (κ1) is 17.1. The van der Waals surface area contributed by atoms with Gasteiger partial charge in [-0.2, -0.15) is 0 Å². The van der Waals surface area contributed by atoms with Gasteiger partial charge >= 0.3 is 0 Å². The molecule has 2 rings (SSSR count). The fourth-order valence-electron chi connectivity index (χ4n) is 2.86. The van der Waals surface area contributed by atoms with E-state index >= 15 is 0 Å². The predicted molar refractivity (Wildman–Crippen MR) is 89.8 cm³/mol. The Morgan fingerprint density at radius 1 is 1.27 bits per heavy atom. The summed E-state index contributed by atoms with van der Waals surface area (Å²) >= 11 is 0. The number of nitrogens with one attached hydrogen (secondary N) is 1. The second-order valence-corrected chi connectivity index (χ2v) is 6.34. The molecule has 0 atom stereocenters. The van der Waals surface area contributed by atoms with Crippen molar-refractivity contribution in [2.24, 2.45) is 16.6 Å². The Hall–Kier alpha value is -1.30. The van der Waals surface area contributed by atoms with Crippen LogP contribution in [0.1, 0.15) is 39.0 Å². The predicted octanol–water partition coefficient (Wildman–Crippen LogP) is 0.635. The van der Waals surface area contributed by atoms with Crippen LogP contribution >= 0.6 is 0 Å². The van der Waals surface area contributed by atoms with E-state index in [1.165, 1.54) is 6.42 Å². The van der Waals surface area contributed by atoms with Crippen molar-refractivity contribution >= 4 is 11.9 Å². The molecule has 0 unspecified atom stereocenters. The van der Waals surface area contributed by atoms with Gasteiger partial charge in [-0.3, -0.25) is 14.7 Å². The molecule has 0 aromatic rings. The number of piperazine rings is 1. The molecular formula is C16H31N5O. The summed E-state index contributed by atoms with van der Waals surface area (Å²) in [6.07, 6.45) is 5.64. The van der Waals surface area contributed by atoms with Crippen LogP contribution in [0, 0.1) is 5.92 Å². The lowest BCUT2D eigenvalue weighted by Crippen LogP contribution is -2.52. The third kappa shape index (κ3) is 5.16. The third-order valence-electron chi connectivity index (χ3n) is 4.67. The molecule has 22 heavy (non-hydrogen) atoms. The summed E-state index contributed by atoms with van der Waals surface area (Å²) in [7, 11) is 0. The van der Waals surface area contributed by atoms with Crippen molar-refractivity contribution in [3.05, 3.63) is 0 Å². The summed E-state index contributed by atoms with van der Waals surface area (Å²) in [4.78, 5) is 20.9. The normalized spacial score (nSPS) is 20.8. The molecule has 126 valence electrons. The highest BCUT2D eigenvalue weighted by Crippen LogP contribution is 2.28. The molecule has 1 aliphatic carbocycles. The van der Waals surface area contributed by atoms with Gasteiger partial charge in [0.25, 0.3) is 0 Å². The molecule has 2 aliphatic rings. The zero-order valence-corrected chi connectivity index (χ0v) is 13.9. The number of amides is 1. The van der Waals surface area contributed by atoms with Crippen molar-refractivity contribution in [2.75, 3.05) is 45.8 Å². The van der Waals surface area contributed by atoms with Gasteiger partial charge < -0.3 is 16.0 Å². The second-order valence-electron chi connectivity index (χ2n) is 6.34. The van der Waals surface area contributed by atoms with Gasteiger partial charge in [-0.15, -0.1) is 0 Å². The SMILES string of the molecule is CCCCN=C(N)NCCN1CCN(C(=O)C2CCC2)CC1. The molecule has 1 saturated carbocycles. The molecular weight excluding hydrogens is 278 g/mol. The van der Waals surface area contributed by atoms with E-state index in [9.17, 15) is 4.79 Å². The lowest BCUT2D eigenvalue weighted by Gasteiger charge is -2.38. The molecule has 6 heteroatoms. The van der Waals surface area contributed by atoms with E-state index in [2.05, 4.69) is 22.1 Å². The minimum absolute atomic E-state index is 0.326. The van der Waals surface area contributed by atoms with Gasteiger partial charge in [-0.05, 0) is 19.3 Å². The zero-order valence-electron chi connectivity index (χ0n) is 13.9. The molecule has 1 aliphatic heterocycles. The fourth-order valence-corrected chi connectivity index (χ4v) is 2.86. The van der Waals surface area contributed by atoms with Crippen LogP contribution in [0.5, 0.6) is 0 Å². The molecule has 0 aromatic carbocycles. The number of hydrogen-bond donors (Lipinski definition) is 2. The van der Waals surface area contributed by atoms with Gasteiger partial charge in [0.1, 0.15) is 0 Å². The Morgan fingerprint density at radius 3 is 2.59 bits per heavy atom. The first-order valence-electron chi connectivity index (χ1n) is 8.75. The molecule has 0 aromatic heterocycles. The molecule has 0 radical (unpaired) electrons. The van der Waals surface area contributed by atoms with E-state index in [0.717, 1.165) is 71.5 Å². The molecule has 0 spiro atoms. The van der Waals surface area contributed by atoms with Crippen molar-refractivity contribution in [3.8, 4) is 0 Å². The quantitative estimate of drug-likeness (QED) is 0.411. The van der Waals surface area contributed by atoms with Crippen LogP contribution in [-0.2, 0) is 4.79 Å². The van der Waals surface area contributed by atoms with Gasteiger partial charge in [-0.25, -0.2) is 0 Å². The first-order chi connectivity index (χ1) is 10.7. The van der Waals surface area contributed by atoms with Crippen LogP contribution in [0.25, 0.3) is 0 Å². The molecule has 1 saturated heterocycles. The van der Waals surface area contributed by atoms with Gasteiger partial charge in [-0.1, -0.05) is 19.8 Å². The maximum atomic E-state index is 12.2. The van der Waals surface area contributed by atoms with E-state index in [4.69, 9.17) is 5.73 Å². The number of rotatable bonds is 7. The minimum atomic E-state index is 0.326. The van der Waals surface area contributed by atoms with Crippen LogP contribution in [0.2, 0.25) is 0 Å². The van der Waals surface area contributed by atoms with Crippen LogP contribution < -0.4 is 11.1 Å². The van der Waals surface area contributed by atoms with Crippen molar-refractivity contribution in [1.29, 1.82) is 0 Å².